The predicted molar refractivity (Wildman–Crippen MR) is 63.7 cm³/mol. The van der Waals surface area contributed by atoms with Crippen LogP contribution >= 0.6 is 0 Å². The van der Waals surface area contributed by atoms with E-state index in [4.69, 9.17) is 0 Å². The summed E-state index contributed by atoms with van der Waals surface area (Å²) in [7, 11) is 0. The minimum Gasteiger partial charge on any atom is -0.371 e. The Kier molecular flexibility index (Phi) is 3.64. The van der Waals surface area contributed by atoms with E-state index in [1.165, 1.54) is 12.1 Å². The highest BCUT2D eigenvalue weighted by atomic mass is 19.4. The first kappa shape index (κ1) is 13.6. The second-order valence-corrected chi connectivity index (χ2v) is 4.52. The zero-order valence-electron chi connectivity index (χ0n) is 10.1. The molecule has 0 aliphatic carbocycles. The molecule has 4 nitrogen and oxygen atoms in total. The van der Waals surface area contributed by atoms with Gasteiger partial charge in [-0.3, -0.25) is 10.1 Å². The second-order valence-electron chi connectivity index (χ2n) is 4.52. The van der Waals surface area contributed by atoms with Crippen LogP contribution in [0, 0.1) is 10.1 Å². The van der Waals surface area contributed by atoms with Crippen molar-refractivity contribution in [1.82, 2.24) is 0 Å². The van der Waals surface area contributed by atoms with Crippen LogP contribution in [0.15, 0.2) is 24.3 Å². The van der Waals surface area contributed by atoms with Crippen LogP contribution in [0.2, 0.25) is 0 Å². The van der Waals surface area contributed by atoms with Crippen LogP contribution in [0.25, 0.3) is 0 Å². The number of alkyl halides is 3. The highest BCUT2D eigenvalue weighted by Gasteiger charge is 2.36. The molecule has 104 valence electrons. The molecule has 0 saturated carbocycles. The Morgan fingerprint density at radius 3 is 2.32 bits per heavy atom. The Bertz CT molecular complexity index is 468. The molecule has 0 aromatic heterocycles. The Morgan fingerprint density at radius 1 is 1.21 bits per heavy atom. The fraction of sp³-hybridized carbons (Fsp3) is 0.500. The van der Waals surface area contributed by atoms with Gasteiger partial charge in [0.25, 0.3) is 0 Å². The first-order valence-electron chi connectivity index (χ1n) is 5.94. The summed E-state index contributed by atoms with van der Waals surface area (Å²) in [6.45, 7) is 0.553. The quantitative estimate of drug-likeness (QED) is 0.615. The first-order valence-corrected chi connectivity index (χ1v) is 5.94. The zero-order valence-corrected chi connectivity index (χ0v) is 10.1. The van der Waals surface area contributed by atoms with E-state index >= 15 is 0 Å². The Balaban J connectivity index is 2.18. The fourth-order valence-electron chi connectivity index (χ4n) is 2.31. The lowest BCUT2D eigenvalue weighted by Gasteiger charge is -2.32. The van der Waals surface area contributed by atoms with E-state index in [1.807, 2.05) is 0 Å². The van der Waals surface area contributed by atoms with E-state index in [2.05, 4.69) is 0 Å². The smallest absolute Gasteiger partial charge is 0.371 e. The molecule has 1 aromatic carbocycles. The van der Waals surface area contributed by atoms with Crippen molar-refractivity contribution in [1.29, 1.82) is 0 Å². The van der Waals surface area contributed by atoms with Gasteiger partial charge in [0.1, 0.15) is 0 Å². The maximum atomic E-state index is 12.9. The molecular formula is C12H13F3N2O2. The van der Waals surface area contributed by atoms with Gasteiger partial charge in [0.15, 0.2) is 0 Å². The summed E-state index contributed by atoms with van der Waals surface area (Å²) in [5.41, 5.74) is -0.577. The van der Waals surface area contributed by atoms with Gasteiger partial charge in [-0.15, -0.1) is 0 Å². The third kappa shape index (κ3) is 2.97. The second kappa shape index (κ2) is 5.07. The van der Waals surface area contributed by atoms with Crippen molar-refractivity contribution in [3.05, 3.63) is 39.9 Å². The maximum absolute atomic E-state index is 12.9. The van der Waals surface area contributed by atoms with Crippen molar-refractivity contribution in [3.8, 4) is 0 Å². The predicted octanol–water partition coefficient (Wildman–Crippen LogP) is 2.95. The van der Waals surface area contributed by atoms with Crippen molar-refractivity contribution in [3.63, 3.8) is 0 Å². The van der Waals surface area contributed by atoms with Crippen LogP contribution in [0.4, 0.5) is 18.9 Å². The third-order valence-electron chi connectivity index (χ3n) is 3.31. The van der Waals surface area contributed by atoms with Crippen LogP contribution < -0.4 is 4.90 Å². The van der Waals surface area contributed by atoms with Crippen molar-refractivity contribution in [2.75, 3.05) is 18.0 Å². The van der Waals surface area contributed by atoms with Gasteiger partial charge in [-0.1, -0.05) is 12.1 Å². The average Bonchev–Trinajstić information content (AvgIpc) is 2.38. The molecule has 1 aliphatic heterocycles. The molecule has 1 saturated heterocycles. The molecule has 0 atom stereocenters. The average molecular weight is 274 g/mol. The molecule has 7 heteroatoms. The Hall–Kier alpha value is -1.79. The van der Waals surface area contributed by atoms with Gasteiger partial charge in [0.05, 0.1) is 5.56 Å². The van der Waals surface area contributed by atoms with E-state index in [-0.39, 0.29) is 36.5 Å². The van der Waals surface area contributed by atoms with Crippen LogP contribution in [-0.4, -0.2) is 24.1 Å². The number of para-hydroxylation sites is 1. The number of nitro groups is 1. The molecule has 0 bridgehead atoms. The zero-order chi connectivity index (χ0) is 14.0. The number of hydrogen-bond acceptors (Lipinski definition) is 3. The monoisotopic (exact) mass is 274 g/mol. The van der Waals surface area contributed by atoms with Crippen molar-refractivity contribution in [2.24, 2.45) is 0 Å². The molecule has 1 aliphatic rings. The number of piperidine rings is 1. The van der Waals surface area contributed by atoms with Crippen molar-refractivity contribution < 1.29 is 18.1 Å². The van der Waals surface area contributed by atoms with Crippen molar-refractivity contribution >= 4 is 5.69 Å². The summed E-state index contributed by atoms with van der Waals surface area (Å²) >= 11 is 0. The van der Waals surface area contributed by atoms with E-state index in [0.29, 0.717) is 0 Å². The highest BCUT2D eigenvalue weighted by Crippen LogP contribution is 2.37. The summed E-state index contributed by atoms with van der Waals surface area (Å²) in [6, 6.07) is 4.69. The molecule has 1 aromatic rings. The summed E-state index contributed by atoms with van der Waals surface area (Å²) in [6.07, 6.45) is -3.85. The normalized spacial score (nSPS) is 17.5. The van der Waals surface area contributed by atoms with Crippen LogP contribution in [0.5, 0.6) is 0 Å². The SMILES string of the molecule is O=[N+]([O-])C1CCN(c2ccccc2C(F)(F)F)CC1. The molecule has 0 spiro atoms. The molecule has 0 unspecified atom stereocenters. The van der Waals surface area contributed by atoms with Crippen LogP contribution in [0.3, 0.4) is 0 Å². The minimum atomic E-state index is -4.41. The van der Waals surface area contributed by atoms with Gasteiger partial charge in [-0.2, -0.15) is 13.2 Å². The molecule has 1 heterocycles. The van der Waals surface area contributed by atoms with Crippen LogP contribution in [0.1, 0.15) is 18.4 Å². The van der Waals surface area contributed by atoms with Gasteiger partial charge in [-0.05, 0) is 12.1 Å². The molecule has 19 heavy (non-hydrogen) atoms. The first-order chi connectivity index (χ1) is 8.89. The van der Waals surface area contributed by atoms with Gasteiger partial charge >= 0.3 is 6.18 Å². The summed E-state index contributed by atoms with van der Waals surface area (Å²) < 4.78 is 38.6. The Labute approximate surface area is 108 Å². The third-order valence-corrected chi connectivity index (χ3v) is 3.31. The molecule has 2 rings (SSSR count). The lowest BCUT2D eigenvalue weighted by Crippen LogP contribution is -2.39. The van der Waals surface area contributed by atoms with E-state index in [9.17, 15) is 23.3 Å². The minimum absolute atomic E-state index is 0.108. The Morgan fingerprint density at radius 2 is 1.79 bits per heavy atom. The molecule has 0 radical (unpaired) electrons. The van der Waals surface area contributed by atoms with Crippen LogP contribution in [-0.2, 0) is 6.18 Å². The van der Waals surface area contributed by atoms with Gasteiger partial charge < -0.3 is 4.90 Å². The van der Waals surface area contributed by atoms with E-state index in [0.717, 1.165) is 6.07 Å². The largest absolute Gasteiger partial charge is 0.418 e. The molecule has 0 amide bonds. The summed E-state index contributed by atoms with van der Waals surface area (Å²) in [5, 5.41) is 10.6. The fourth-order valence-corrected chi connectivity index (χ4v) is 2.31. The number of anilines is 1. The summed E-state index contributed by atoms with van der Waals surface area (Å²) in [4.78, 5) is 11.8. The van der Waals surface area contributed by atoms with Gasteiger partial charge in [-0.25, -0.2) is 0 Å². The lowest BCUT2D eigenvalue weighted by atomic mass is 10.0. The number of hydrogen-bond donors (Lipinski definition) is 0. The summed E-state index contributed by atoms with van der Waals surface area (Å²) in [5.74, 6) is 0. The lowest BCUT2D eigenvalue weighted by molar-refractivity contribution is -0.524. The topological polar surface area (TPSA) is 46.4 Å². The number of nitrogens with zero attached hydrogens (tertiary/aromatic N) is 2. The standard InChI is InChI=1S/C12H13F3N2O2/c13-12(14,15)10-3-1-2-4-11(10)16-7-5-9(6-8-16)17(18)19/h1-4,9H,5-8H2. The van der Waals surface area contributed by atoms with Crippen molar-refractivity contribution in [2.45, 2.75) is 25.1 Å². The molecule has 1 fully saturated rings. The molecule has 0 N–H and O–H groups in total. The van der Waals surface area contributed by atoms with E-state index < -0.39 is 17.8 Å². The maximum Gasteiger partial charge on any atom is 0.418 e. The number of benzene rings is 1. The van der Waals surface area contributed by atoms with E-state index in [1.54, 1.807) is 11.0 Å². The number of rotatable bonds is 2. The van der Waals surface area contributed by atoms with Gasteiger partial charge in [0.2, 0.25) is 6.04 Å². The highest BCUT2D eigenvalue weighted by molar-refractivity contribution is 5.55. The number of halogens is 3. The molecular weight excluding hydrogens is 261 g/mol. The van der Waals surface area contributed by atoms with Gasteiger partial charge in [0, 0.05) is 36.5 Å².